The summed E-state index contributed by atoms with van der Waals surface area (Å²) in [6, 6.07) is 0. The van der Waals surface area contributed by atoms with Crippen LogP contribution >= 0.6 is 0 Å². The average molecular weight is 211 g/mol. The molecule has 0 radical (unpaired) electrons. The van der Waals surface area contributed by atoms with E-state index in [2.05, 4.69) is 22.2 Å². The number of nitrogens with zero attached hydrogens (tertiary/aromatic N) is 4. The van der Waals surface area contributed by atoms with E-state index in [0.717, 1.165) is 13.0 Å². The Labute approximate surface area is 88.8 Å². The highest BCUT2D eigenvalue weighted by atomic mass is 16.4. The van der Waals surface area contributed by atoms with Gasteiger partial charge in [0.1, 0.15) is 6.33 Å². The molecule has 1 rings (SSSR count). The molecule has 0 bridgehead atoms. The first-order valence-electron chi connectivity index (χ1n) is 5.15. The van der Waals surface area contributed by atoms with E-state index in [1.165, 1.54) is 19.3 Å². The Hall–Kier alpha value is -1.59. The van der Waals surface area contributed by atoms with E-state index in [4.69, 9.17) is 10.9 Å². The van der Waals surface area contributed by atoms with Crippen molar-refractivity contribution in [3.63, 3.8) is 0 Å². The second-order valence-corrected chi connectivity index (χ2v) is 3.38. The molecule has 0 aliphatic heterocycles. The lowest BCUT2D eigenvalue weighted by atomic mass is 10.2. The number of rotatable bonds is 6. The third-order valence-electron chi connectivity index (χ3n) is 2.11. The van der Waals surface area contributed by atoms with Crippen LogP contribution in [-0.2, 0) is 6.54 Å². The summed E-state index contributed by atoms with van der Waals surface area (Å²) < 4.78 is 1.71. The highest BCUT2D eigenvalue weighted by Crippen LogP contribution is 2.01. The Bertz CT molecular complexity index is 320. The van der Waals surface area contributed by atoms with Crippen molar-refractivity contribution in [1.29, 1.82) is 0 Å². The minimum Gasteiger partial charge on any atom is -0.409 e. The van der Waals surface area contributed by atoms with E-state index < -0.39 is 0 Å². The van der Waals surface area contributed by atoms with Gasteiger partial charge in [-0.1, -0.05) is 31.3 Å². The van der Waals surface area contributed by atoms with Gasteiger partial charge in [0.15, 0.2) is 0 Å². The minimum atomic E-state index is -0.0534. The van der Waals surface area contributed by atoms with Gasteiger partial charge >= 0.3 is 0 Å². The van der Waals surface area contributed by atoms with Crippen molar-refractivity contribution in [2.45, 2.75) is 39.2 Å². The van der Waals surface area contributed by atoms with Crippen LogP contribution in [0.4, 0.5) is 0 Å². The van der Waals surface area contributed by atoms with Gasteiger partial charge in [-0.15, -0.1) is 5.10 Å². The van der Waals surface area contributed by atoms with Gasteiger partial charge in [0.05, 0.1) is 0 Å². The lowest BCUT2D eigenvalue weighted by Crippen LogP contribution is -2.15. The van der Waals surface area contributed by atoms with Crippen LogP contribution in [0.3, 0.4) is 0 Å². The third kappa shape index (κ3) is 3.57. The first kappa shape index (κ1) is 11.5. The molecule has 1 aromatic rings. The van der Waals surface area contributed by atoms with E-state index in [-0.39, 0.29) is 11.7 Å². The number of aryl methyl sites for hydroxylation is 1. The van der Waals surface area contributed by atoms with Crippen LogP contribution in [0.2, 0.25) is 0 Å². The average Bonchev–Trinajstić information content (AvgIpc) is 2.72. The summed E-state index contributed by atoms with van der Waals surface area (Å²) in [6.07, 6.45) is 6.32. The van der Waals surface area contributed by atoms with Gasteiger partial charge in [-0.05, 0) is 6.42 Å². The Kier molecular flexibility index (Phi) is 4.59. The summed E-state index contributed by atoms with van der Waals surface area (Å²) in [7, 11) is 0. The van der Waals surface area contributed by atoms with Crippen molar-refractivity contribution in [3.8, 4) is 0 Å². The standard InChI is InChI=1S/C9H17N5O/c1-2-3-4-5-6-14-7-11-9(12-14)8(10)13-15/h7,15H,2-6H2,1H3,(H2,10,13). The number of amidine groups is 1. The molecule has 1 heterocycles. The van der Waals surface area contributed by atoms with Gasteiger partial charge in [-0.2, -0.15) is 0 Å². The van der Waals surface area contributed by atoms with E-state index in [1.54, 1.807) is 11.0 Å². The van der Waals surface area contributed by atoms with Gasteiger partial charge in [0, 0.05) is 6.54 Å². The fourth-order valence-electron chi connectivity index (χ4n) is 1.27. The van der Waals surface area contributed by atoms with Crippen LogP contribution in [-0.4, -0.2) is 25.8 Å². The summed E-state index contributed by atoms with van der Waals surface area (Å²) in [6.45, 7) is 3.00. The minimum absolute atomic E-state index is 0.0534. The van der Waals surface area contributed by atoms with Crippen LogP contribution in [0.5, 0.6) is 0 Å². The molecule has 15 heavy (non-hydrogen) atoms. The van der Waals surface area contributed by atoms with Gasteiger partial charge in [-0.25, -0.2) is 4.98 Å². The number of nitrogens with two attached hydrogens (primary N) is 1. The summed E-state index contributed by atoms with van der Waals surface area (Å²) >= 11 is 0. The summed E-state index contributed by atoms with van der Waals surface area (Å²) in [5, 5.41) is 15.3. The Morgan fingerprint density at radius 2 is 2.33 bits per heavy atom. The predicted octanol–water partition coefficient (Wildman–Crippen LogP) is 0.953. The zero-order chi connectivity index (χ0) is 11.1. The Balaban J connectivity index is 2.40. The van der Waals surface area contributed by atoms with Crippen LogP contribution < -0.4 is 5.73 Å². The first-order valence-corrected chi connectivity index (χ1v) is 5.15. The van der Waals surface area contributed by atoms with Crippen molar-refractivity contribution in [2.75, 3.05) is 0 Å². The summed E-state index contributed by atoms with van der Waals surface area (Å²) in [5.41, 5.74) is 5.35. The molecule has 6 nitrogen and oxygen atoms in total. The van der Waals surface area contributed by atoms with Crippen molar-refractivity contribution in [1.82, 2.24) is 14.8 Å². The normalized spacial score (nSPS) is 11.9. The second kappa shape index (κ2) is 6.00. The third-order valence-corrected chi connectivity index (χ3v) is 2.11. The number of hydrogen-bond acceptors (Lipinski definition) is 4. The van der Waals surface area contributed by atoms with Gasteiger partial charge in [-0.3, -0.25) is 4.68 Å². The maximum Gasteiger partial charge on any atom is 0.219 e. The molecular weight excluding hydrogens is 194 g/mol. The lowest BCUT2D eigenvalue weighted by Gasteiger charge is -1.99. The molecule has 3 N–H and O–H groups in total. The van der Waals surface area contributed by atoms with E-state index in [0.29, 0.717) is 0 Å². The fourth-order valence-corrected chi connectivity index (χ4v) is 1.27. The Morgan fingerprint density at radius 3 is 3.00 bits per heavy atom. The highest BCUT2D eigenvalue weighted by molar-refractivity contribution is 5.93. The fraction of sp³-hybridized carbons (Fsp3) is 0.667. The second-order valence-electron chi connectivity index (χ2n) is 3.38. The van der Waals surface area contributed by atoms with Crippen molar-refractivity contribution < 1.29 is 5.21 Å². The molecule has 6 heteroatoms. The maximum atomic E-state index is 8.42. The smallest absolute Gasteiger partial charge is 0.219 e. The molecule has 0 fully saturated rings. The zero-order valence-electron chi connectivity index (χ0n) is 8.93. The van der Waals surface area contributed by atoms with E-state index in [9.17, 15) is 0 Å². The largest absolute Gasteiger partial charge is 0.409 e. The molecule has 0 saturated carbocycles. The molecule has 0 aromatic carbocycles. The van der Waals surface area contributed by atoms with Gasteiger partial charge in [0.25, 0.3) is 0 Å². The number of hydrogen-bond donors (Lipinski definition) is 2. The molecular formula is C9H17N5O. The van der Waals surface area contributed by atoms with Gasteiger partial charge < -0.3 is 10.9 Å². The van der Waals surface area contributed by atoms with Gasteiger partial charge in [0.2, 0.25) is 11.7 Å². The molecule has 0 amide bonds. The van der Waals surface area contributed by atoms with Crippen molar-refractivity contribution >= 4 is 5.84 Å². The monoisotopic (exact) mass is 211 g/mol. The molecule has 0 aliphatic rings. The zero-order valence-corrected chi connectivity index (χ0v) is 8.93. The Morgan fingerprint density at radius 1 is 1.53 bits per heavy atom. The molecule has 0 aliphatic carbocycles. The van der Waals surface area contributed by atoms with Crippen LogP contribution in [0.15, 0.2) is 11.5 Å². The summed E-state index contributed by atoms with van der Waals surface area (Å²) in [5.74, 6) is 0.218. The summed E-state index contributed by atoms with van der Waals surface area (Å²) in [4.78, 5) is 3.92. The highest BCUT2D eigenvalue weighted by Gasteiger charge is 2.04. The SMILES string of the molecule is CCCCCCn1cnc(C(N)=NO)n1. The molecule has 84 valence electrons. The molecule has 0 unspecified atom stereocenters. The molecule has 0 atom stereocenters. The first-order chi connectivity index (χ1) is 7.27. The van der Waals surface area contributed by atoms with Crippen LogP contribution in [0.1, 0.15) is 38.4 Å². The number of oxime groups is 1. The van der Waals surface area contributed by atoms with E-state index >= 15 is 0 Å². The van der Waals surface area contributed by atoms with Crippen molar-refractivity contribution in [2.24, 2.45) is 10.9 Å². The molecule has 0 saturated heterocycles. The van der Waals surface area contributed by atoms with Crippen LogP contribution in [0.25, 0.3) is 0 Å². The quantitative estimate of drug-likeness (QED) is 0.241. The maximum absolute atomic E-state index is 8.42. The number of aromatic nitrogens is 3. The van der Waals surface area contributed by atoms with Crippen LogP contribution in [0, 0.1) is 0 Å². The molecule has 0 spiro atoms. The van der Waals surface area contributed by atoms with Crippen molar-refractivity contribution in [3.05, 3.63) is 12.2 Å². The predicted molar refractivity (Wildman–Crippen MR) is 56.7 cm³/mol. The van der Waals surface area contributed by atoms with E-state index in [1.807, 2.05) is 0 Å². The number of unbranched alkanes of at least 4 members (excludes halogenated alkanes) is 3. The topological polar surface area (TPSA) is 89.3 Å². The molecule has 1 aromatic heterocycles. The lowest BCUT2D eigenvalue weighted by molar-refractivity contribution is 0.318.